The molecule has 0 spiro atoms. The molecule has 2 nitrogen and oxygen atoms in total. The molecule has 1 aliphatic heterocycles. The Morgan fingerprint density at radius 1 is 1.61 bits per heavy atom. The van der Waals surface area contributed by atoms with Crippen LogP contribution in [-0.2, 0) is 0 Å². The van der Waals surface area contributed by atoms with Gasteiger partial charge in [0, 0.05) is 41.7 Å². The molecule has 2 atom stereocenters. The molecule has 2 N–H and O–H groups in total. The highest BCUT2D eigenvalue weighted by Gasteiger charge is 2.25. The van der Waals surface area contributed by atoms with Crippen molar-refractivity contribution in [1.29, 1.82) is 0 Å². The van der Waals surface area contributed by atoms with Crippen LogP contribution >= 0.6 is 23.4 Å². The smallest absolute Gasteiger partial charge is 0.124 e. The third kappa shape index (κ3) is 3.18. The summed E-state index contributed by atoms with van der Waals surface area (Å²) < 4.78 is 13.1. The summed E-state index contributed by atoms with van der Waals surface area (Å²) in [6, 6.07) is 4.65. The molecule has 0 aliphatic carbocycles. The fourth-order valence-corrected chi connectivity index (χ4v) is 3.71. The van der Waals surface area contributed by atoms with Crippen LogP contribution in [0.1, 0.15) is 18.5 Å². The van der Waals surface area contributed by atoms with Gasteiger partial charge in [0.2, 0.25) is 0 Å². The second kappa shape index (κ2) is 6.24. The predicted octanol–water partition coefficient (Wildman–Crippen LogP) is 2.92. The van der Waals surface area contributed by atoms with Crippen LogP contribution in [0.2, 0.25) is 5.02 Å². The van der Waals surface area contributed by atoms with Gasteiger partial charge in [-0.25, -0.2) is 4.39 Å². The van der Waals surface area contributed by atoms with Crippen molar-refractivity contribution in [3.63, 3.8) is 0 Å². The summed E-state index contributed by atoms with van der Waals surface area (Å²) in [6.07, 6.45) is 0. The highest BCUT2D eigenvalue weighted by molar-refractivity contribution is 7.99. The Morgan fingerprint density at radius 3 is 3.00 bits per heavy atom. The highest BCUT2D eigenvalue weighted by Crippen LogP contribution is 2.31. The molecule has 0 amide bonds. The molecule has 1 aromatic carbocycles. The van der Waals surface area contributed by atoms with Gasteiger partial charge in [-0.3, -0.25) is 4.90 Å². The van der Waals surface area contributed by atoms with E-state index in [0.29, 0.717) is 16.8 Å². The largest absolute Gasteiger partial charge is 0.329 e. The normalized spacial score (nSPS) is 23.0. The Kier molecular flexibility index (Phi) is 4.90. The number of hydrogen-bond donors (Lipinski definition) is 1. The van der Waals surface area contributed by atoms with Gasteiger partial charge in [-0.1, -0.05) is 24.6 Å². The summed E-state index contributed by atoms with van der Waals surface area (Å²) in [4.78, 5) is 2.35. The molecule has 5 heteroatoms. The zero-order valence-corrected chi connectivity index (χ0v) is 12.0. The van der Waals surface area contributed by atoms with Gasteiger partial charge in [0.05, 0.1) is 0 Å². The number of thioether (sulfide) groups is 1. The van der Waals surface area contributed by atoms with Crippen LogP contribution in [0.15, 0.2) is 18.2 Å². The topological polar surface area (TPSA) is 29.3 Å². The lowest BCUT2D eigenvalue weighted by atomic mass is 10.0. The summed E-state index contributed by atoms with van der Waals surface area (Å²) in [5.74, 6) is 0.804. The number of nitrogens with zero attached hydrogens (tertiary/aromatic N) is 1. The number of halogens is 2. The highest BCUT2D eigenvalue weighted by atomic mass is 35.5. The van der Waals surface area contributed by atoms with Crippen molar-refractivity contribution >= 4 is 23.4 Å². The van der Waals surface area contributed by atoms with Crippen LogP contribution in [0.4, 0.5) is 4.39 Å². The molecule has 0 saturated carbocycles. The minimum atomic E-state index is -0.304. The van der Waals surface area contributed by atoms with Gasteiger partial charge < -0.3 is 5.73 Å². The van der Waals surface area contributed by atoms with Gasteiger partial charge in [-0.05, 0) is 17.7 Å². The minimum Gasteiger partial charge on any atom is -0.329 e. The molecule has 2 unspecified atom stereocenters. The molecule has 100 valence electrons. The van der Waals surface area contributed by atoms with E-state index in [1.165, 1.54) is 12.1 Å². The van der Waals surface area contributed by atoms with E-state index in [0.717, 1.165) is 24.4 Å². The Bertz CT molecular complexity index is 416. The Morgan fingerprint density at radius 2 is 2.39 bits per heavy atom. The SMILES string of the molecule is CC1CN(C(CN)c2ccc(F)cc2Cl)CCS1. The maximum absolute atomic E-state index is 13.1. The van der Waals surface area contributed by atoms with Gasteiger partial charge in [0.15, 0.2) is 0 Å². The summed E-state index contributed by atoms with van der Waals surface area (Å²) >= 11 is 8.11. The lowest BCUT2D eigenvalue weighted by molar-refractivity contribution is 0.211. The third-order valence-corrected chi connectivity index (χ3v) is 4.72. The molecule has 1 fully saturated rings. The van der Waals surface area contributed by atoms with E-state index < -0.39 is 0 Å². The van der Waals surface area contributed by atoms with Crippen molar-refractivity contribution in [3.05, 3.63) is 34.6 Å². The maximum Gasteiger partial charge on any atom is 0.124 e. The van der Waals surface area contributed by atoms with Crippen molar-refractivity contribution in [2.45, 2.75) is 18.2 Å². The molecular weight excluding hydrogens is 271 g/mol. The molecule has 0 bridgehead atoms. The van der Waals surface area contributed by atoms with Gasteiger partial charge in [-0.15, -0.1) is 0 Å². The fourth-order valence-electron chi connectivity index (χ4n) is 2.37. The quantitative estimate of drug-likeness (QED) is 0.927. The van der Waals surface area contributed by atoms with Gasteiger partial charge >= 0.3 is 0 Å². The first-order valence-corrected chi connectivity index (χ1v) is 7.55. The molecule has 1 aromatic rings. The molecule has 1 aliphatic rings. The van der Waals surface area contributed by atoms with Crippen LogP contribution in [0.3, 0.4) is 0 Å². The average Bonchev–Trinajstić information content (AvgIpc) is 2.33. The average molecular weight is 289 g/mol. The number of hydrogen-bond acceptors (Lipinski definition) is 3. The molecule has 0 radical (unpaired) electrons. The van der Waals surface area contributed by atoms with Crippen LogP contribution in [0, 0.1) is 5.82 Å². The lowest BCUT2D eigenvalue weighted by Crippen LogP contribution is -2.42. The van der Waals surface area contributed by atoms with Crippen LogP contribution < -0.4 is 5.73 Å². The maximum atomic E-state index is 13.1. The lowest BCUT2D eigenvalue weighted by Gasteiger charge is -2.37. The summed E-state index contributed by atoms with van der Waals surface area (Å²) in [5, 5.41) is 1.07. The van der Waals surface area contributed by atoms with Gasteiger partial charge in [-0.2, -0.15) is 11.8 Å². The summed E-state index contributed by atoms with van der Waals surface area (Å²) in [6.45, 7) is 4.73. The monoisotopic (exact) mass is 288 g/mol. The zero-order valence-electron chi connectivity index (χ0n) is 10.4. The van der Waals surface area contributed by atoms with E-state index in [1.54, 1.807) is 6.07 Å². The number of rotatable bonds is 3. The summed E-state index contributed by atoms with van der Waals surface area (Å²) in [7, 11) is 0. The zero-order chi connectivity index (χ0) is 13.1. The standard InChI is InChI=1S/C13H18ClFN2S/c1-9-8-17(4-5-18-9)13(7-16)11-3-2-10(15)6-12(11)14/h2-3,6,9,13H,4-5,7-8,16H2,1H3. The second-order valence-corrected chi connectivity index (χ2v) is 6.55. The fraction of sp³-hybridized carbons (Fsp3) is 0.538. The predicted molar refractivity (Wildman–Crippen MR) is 76.7 cm³/mol. The Hall–Kier alpha value is -0.290. The van der Waals surface area contributed by atoms with Gasteiger partial charge in [0.25, 0.3) is 0 Å². The van der Waals surface area contributed by atoms with Crippen LogP contribution in [0.25, 0.3) is 0 Å². The van der Waals surface area contributed by atoms with E-state index >= 15 is 0 Å². The third-order valence-electron chi connectivity index (χ3n) is 3.26. The molecule has 2 rings (SSSR count). The Balaban J connectivity index is 2.21. The van der Waals surface area contributed by atoms with Crippen molar-refractivity contribution in [1.82, 2.24) is 4.90 Å². The van der Waals surface area contributed by atoms with E-state index in [4.69, 9.17) is 17.3 Å². The first-order chi connectivity index (χ1) is 8.61. The minimum absolute atomic E-state index is 0.0847. The van der Waals surface area contributed by atoms with E-state index in [9.17, 15) is 4.39 Å². The number of benzene rings is 1. The van der Waals surface area contributed by atoms with E-state index in [2.05, 4.69) is 11.8 Å². The summed E-state index contributed by atoms with van der Waals surface area (Å²) in [5.41, 5.74) is 6.82. The van der Waals surface area contributed by atoms with Crippen molar-refractivity contribution in [2.24, 2.45) is 5.73 Å². The Labute approximate surface area is 117 Å². The molecular formula is C13H18ClFN2S. The van der Waals surface area contributed by atoms with Gasteiger partial charge in [0.1, 0.15) is 5.82 Å². The molecule has 0 aromatic heterocycles. The van der Waals surface area contributed by atoms with Crippen LogP contribution in [-0.4, -0.2) is 35.5 Å². The van der Waals surface area contributed by atoms with Crippen molar-refractivity contribution in [2.75, 3.05) is 25.4 Å². The van der Waals surface area contributed by atoms with Crippen LogP contribution in [0.5, 0.6) is 0 Å². The second-order valence-electron chi connectivity index (χ2n) is 4.59. The van der Waals surface area contributed by atoms with E-state index in [1.807, 2.05) is 11.8 Å². The molecule has 1 saturated heterocycles. The van der Waals surface area contributed by atoms with Crippen molar-refractivity contribution < 1.29 is 4.39 Å². The first kappa shape index (κ1) is 14.1. The molecule has 18 heavy (non-hydrogen) atoms. The van der Waals surface area contributed by atoms with E-state index in [-0.39, 0.29) is 11.9 Å². The van der Waals surface area contributed by atoms with Crippen molar-refractivity contribution in [3.8, 4) is 0 Å². The number of nitrogens with two attached hydrogens (primary N) is 1. The first-order valence-electron chi connectivity index (χ1n) is 6.12. The molecule has 1 heterocycles.